The standard InChI is InChI=1S/C17H16F2N2O3/c1-3-23-17(22)13-9(2)24-16(21)12(8-20)14(13)10-6-4-5-7-11(10)15(18)19/h4-7,14-15H,3,21H2,1-2H3. The molecule has 0 amide bonds. The summed E-state index contributed by atoms with van der Waals surface area (Å²) in [6.07, 6.45) is -2.77. The highest BCUT2D eigenvalue weighted by Crippen LogP contribution is 2.42. The number of esters is 1. The number of halogens is 2. The lowest BCUT2D eigenvalue weighted by molar-refractivity contribution is -0.139. The number of nitriles is 1. The summed E-state index contributed by atoms with van der Waals surface area (Å²) in [5.74, 6) is -1.88. The van der Waals surface area contributed by atoms with Gasteiger partial charge in [-0.25, -0.2) is 13.6 Å². The van der Waals surface area contributed by atoms with E-state index in [1.807, 2.05) is 6.07 Å². The van der Waals surface area contributed by atoms with Gasteiger partial charge in [0.2, 0.25) is 5.88 Å². The SMILES string of the molecule is CCOC(=O)C1=C(C)OC(N)=C(C#N)C1c1ccccc1C(F)F. The zero-order valence-electron chi connectivity index (χ0n) is 13.2. The van der Waals surface area contributed by atoms with E-state index >= 15 is 0 Å². The number of alkyl halides is 2. The molecule has 0 spiro atoms. The molecule has 5 nitrogen and oxygen atoms in total. The normalized spacial score (nSPS) is 17.6. The van der Waals surface area contributed by atoms with Gasteiger partial charge in [-0.05, 0) is 19.4 Å². The highest BCUT2D eigenvalue weighted by molar-refractivity contribution is 5.92. The largest absolute Gasteiger partial charge is 0.463 e. The van der Waals surface area contributed by atoms with Crippen molar-refractivity contribution in [1.29, 1.82) is 5.26 Å². The van der Waals surface area contributed by atoms with E-state index in [1.54, 1.807) is 13.0 Å². The van der Waals surface area contributed by atoms with Crippen LogP contribution < -0.4 is 5.73 Å². The van der Waals surface area contributed by atoms with E-state index in [-0.39, 0.29) is 40.5 Å². The maximum atomic E-state index is 13.4. The van der Waals surface area contributed by atoms with Gasteiger partial charge in [-0.1, -0.05) is 24.3 Å². The molecule has 0 aromatic heterocycles. The molecular formula is C17H16F2N2O3. The van der Waals surface area contributed by atoms with Crippen LogP contribution in [0.4, 0.5) is 8.78 Å². The quantitative estimate of drug-likeness (QED) is 0.854. The van der Waals surface area contributed by atoms with E-state index in [1.165, 1.54) is 25.1 Å². The van der Waals surface area contributed by atoms with Crippen LogP contribution in [-0.2, 0) is 14.3 Å². The molecule has 0 aliphatic carbocycles. The minimum atomic E-state index is -2.77. The number of hydrogen-bond donors (Lipinski definition) is 1. The molecule has 126 valence electrons. The molecule has 2 rings (SSSR count). The van der Waals surface area contributed by atoms with Gasteiger partial charge in [0.1, 0.15) is 17.4 Å². The van der Waals surface area contributed by atoms with Crippen molar-refractivity contribution in [1.82, 2.24) is 0 Å². The number of rotatable bonds is 4. The lowest BCUT2D eigenvalue weighted by Crippen LogP contribution is -2.26. The second kappa shape index (κ2) is 7.13. The molecule has 1 atom stereocenters. The van der Waals surface area contributed by atoms with E-state index in [0.29, 0.717) is 0 Å². The molecule has 0 fully saturated rings. The molecule has 1 aromatic rings. The number of carbonyl (C=O) groups is 1. The Morgan fingerprint density at radius 1 is 1.46 bits per heavy atom. The number of nitrogens with two attached hydrogens (primary N) is 1. The van der Waals surface area contributed by atoms with Gasteiger partial charge in [-0.2, -0.15) is 5.26 Å². The Kier molecular flexibility index (Phi) is 5.19. The first-order chi connectivity index (χ1) is 11.4. The van der Waals surface area contributed by atoms with E-state index < -0.39 is 18.3 Å². The fraction of sp³-hybridized carbons (Fsp3) is 0.294. The topological polar surface area (TPSA) is 85.3 Å². The number of carbonyl (C=O) groups excluding carboxylic acids is 1. The second-order valence-electron chi connectivity index (χ2n) is 5.04. The third kappa shape index (κ3) is 3.08. The van der Waals surface area contributed by atoms with Crippen LogP contribution in [0.2, 0.25) is 0 Å². The molecule has 0 saturated carbocycles. The van der Waals surface area contributed by atoms with Crippen LogP contribution in [-0.4, -0.2) is 12.6 Å². The number of ether oxygens (including phenoxy) is 2. The zero-order valence-corrected chi connectivity index (χ0v) is 13.2. The van der Waals surface area contributed by atoms with E-state index in [9.17, 15) is 18.8 Å². The third-order valence-electron chi connectivity index (χ3n) is 3.64. The van der Waals surface area contributed by atoms with Gasteiger partial charge in [0.25, 0.3) is 6.43 Å². The van der Waals surface area contributed by atoms with Crippen molar-refractivity contribution in [2.45, 2.75) is 26.2 Å². The maximum absolute atomic E-state index is 13.4. The number of allylic oxidation sites excluding steroid dienone is 2. The van der Waals surface area contributed by atoms with Crippen LogP contribution in [0, 0.1) is 11.3 Å². The van der Waals surface area contributed by atoms with Crippen molar-refractivity contribution < 1.29 is 23.0 Å². The van der Waals surface area contributed by atoms with Gasteiger partial charge in [0.15, 0.2) is 0 Å². The Hall–Kier alpha value is -2.88. The first-order valence-electron chi connectivity index (χ1n) is 7.24. The number of benzene rings is 1. The molecular weight excluding hydrogens is 318 g/mol. The molecule has 1 unspecified atom stereocenters. The Morgan fingerprint density at radius 3 is 2.71 bits per heavy atom. The van der Waals surface area contributed by atoms with Crippen molar-refractivity contribution in [3.63, 3.8) is 0 Å². The molecule has 7 heteroatoms. The van der Waals surface area contributed by atoms with Crippen LogP contribution in [0.3, 0.4) is 0 Å². The van der Waals surface area contributed by atoms with Crippen molar-refractivity contribution in [2.75, 3.05) is 6.61 Å². The molecule has 1 heterocycles. The molecule has 1 aromatic carbocycles. The van der Waals surface area contributed by atoms with E-state index in [0.717, 1.165) is 0 Å². The first-order valence-corrected chi connectivity index (χ1v) is 7.24. The predicted molar refractivity (Wildman–Crippen MR) is 81.4 cm³/mol. The number of nitrogens with zero attached hydrogens (tertiary/aromatic N) is 1. The predicted octanol–water partition coefficient (Wildman–Crippen LogP) is 3.27. The van der Waals surface area contributed by atoms with Crippen LogP contribution >= 0.6 is 0 Å². The smallest absolute Gasteiger partial charge is 0.338 e. The summed E-state index contributed by atoms with van der Waals surface area (Å²) >= 11 is 0. The lowest BCUT2D eigenvalue weighted by Gasteiger charge is -2.28. The summed E-state index contributed by atoms with van der Waals surface area (Å²) in [7, 11) is 0. The van der Waals surface area contributed by atoms with Gasteiger partial charge in [0, 0.05) is 5.56 Å². The fourth-order valence-electron chi connectivity index (χ4n) is 2.64. The zero-order chi connectivity index (χ0) is 17.9. The van der Waals surface area contributed by atoms with Gasteiger partial charge in [0.05, 0.1) is 18.1 Å². The van der Waals surface area contributed by atoms with Crippen LogP contribution in [0.5, 0.6) is 0 Å². The van der Waals surface area contributed by atoms with Gasteiger partial charge < -0.3 is 15.2 Å². The summed E-state index contributed by atoms with van der Waals surface area (Å²) in [5, 5.41) is 9.41. The molecule has 1 aliphatic rings. The lowest BCUT2D eigenvalue weighted by atomic mass is 9.81. The summed E-state index contributed by atoms with van der Waals surface area (Å²) in [6.45, 7) is 3.19. The average Bonchev–Trinajstić information content (AvgIpc) is 2.54. The number of hydrogen-bond acceptors (Lipinski definition) is 5. The molecule has 0 saturated heterocycles. The van der Waals surface area contributed by atoms with E-state index in [2.05, 4.69) is 0 Å². The molecule has 2 N–H and O–H groups in total. The molecule has 24 heavy (non-hydrogen) atoms. The summed E-state index contributed by atoms with van der Waals surface area (Å²) in [4.78, 5) is 12.3. The van der Waals surface area contributed by atoms with Crippen LogP contribution in [0.15, 0.2) is 47.1 Å². The Morgan fingerprint density at radius 2 is 2.12 bits per heavy atom. The van der Waals surface area contributed by atoms with Crippen molar-refractivity contribution >= 4 is 5.97 Å². The maximum Gasteiger partial charge on any atom is 0.338 e. The van der Waals surface area contributed by atoms with E-state index in [4.69, 9.17) is 15.2 Å². The average molecular weight is 334 g/mol. The van der Waals surface area contributed by atoms with Crippen molar-refractivity contribution in [3.05, 3.63) is 58.2 Å². The minimum absolute atomic E-state index is 0.00398. The monoisotopic (exact) mass is 334 g/mol. The van der Waals surface area contributed by atoms with Crippen molar-refractivity contribution in [3.8, 4) is 6.07 Å². The second-order valence-corrected chi connectivity index (χ2v) is 5.04. The molecule has 1 aliphatic heterocycles. The van der Waals surface area contributed by atoms with Crippen LogP contribution in [0.1, 0.15) is 37.3 Å². The third-order valence-corrected chi connectivity index (χ3v) is 3.64. The Balaban J connectivity index is 2.70. The van der Waals surface area contributed by atoms with Gasteiger partial charge >= 0.3 is 5.97 Å². The Bertz CT molecular complexity index is 763. The molecule has 0 bridgehead atoms. The molecule has 0 radical (unpaired) electrons. The van der Waals surface area contributed by atoms with Gasteiger partial charge in [-0.15, -0.1) is 0 Å². The van der Waals surface area contributed by atoms with Gasteiger partial charge in [-0.3, -0.25) is 0 Å². The summed E-state index contributed by atoms with van der Waals surface area (Å²) < 4.78 is 37.0. The first kappa shape index (κ1) is 17.5. The Labute approximate surface area is 138 Å². The van der Waals surface area contributed by atoms with Crippen molar-refractivity contribution in [2.24, 2.45) is 5.73 Å². The summed E-state index contributed by atoms with van der Waals surface area (Å²) in [6, 6.07) is 7.56. The van der Waals surface area contributed by atoms with Crippen LogP contribution in [0.25, 0.3) is 0 Å². The summed E-state index contributed by atoms with van der Waals surface area (Å²) in [5.41, 5.74) is 5.47. The minimum Gasteiger partial charge on any atom is -0.463 e. The highest BCUT2D eigenvalue weighted by atomic mass is 19.3. The highest BCUT2D eigenvalue weighted by Gasteiger charge is 2.38. The fourth-order valence-corrected chi connectivity index (χ4v) is 2.64.